The molecule has 0 bridgehead atoms. The molecule has 0 spiro atoms. The fraction of sp³-hybridized carbons (Fsp3) is 0.276. The molecule has 4 aromatic rings. The van der Waals surface area contributed by atoms with Crippen molar-refractivity contribution in [3.05, 3.63) is 95.1 Å². The average molecular weight is 494 g/mol. The van der Waals surface area contributed by atoms with Crippen LogP contribution in [0, 0.1) is 0 Å². The predicted molar refractivity (Wildman–Crippen MR) is 138 cm³/mol. The second-order valence-electron chi connectivity index (χ2n) is 9.66. The minimum absolute atomic E-state index is 0.0604. The van der Waals surface area contributed by atoms with Crippen LogP contribution in [0.2, 0.25) is 0 Å². The zero-order valence-corrected chi connectivity index (χ0v) is 20.4. The Bertz CT molecular complexity index is 1440. The van der Waals surface area contributed by atoms with Crippen molar-refractivity contribution in [2.75, 3.05) is 13.1 Å². The van der Waals surface area contributed by atoms with Crippen LogP contribution < -0.4 is 0 Å². The number of carbonyl (C=O) groups is 3. The standard InChI is InChI=1S/C29H27N5O3/c35-20(17-34-28(36)21-9-1-2-10-22(21)29(34)37)14-16-33(18-26-31-23-11-3-4-12-24(23)32-26)25-13-5-7-19-8-6-15-30-27(19)25/h1-4,6,8-12,15,25H,5,7,13-14,16-18H2,(H,31,32). The van der Waals surface area contributed by atoms with Gasteiger partial charge in [0.2, 0.25) is 0 Å². The van der Waals surface area contributed by atoms with Gasteiger partial charge in [0, 0.05) is 19.2 Å². The molecule has 0 saturated heterocycles. The minimum Gasteiger partial charge on any atom is -0.341 e. The summed E-state index contributed by atoms with van der Waals surface area (Å²) >= 11 is 0. The van der Waals surface area contributed by atoms with Crippen LogP contribution in [0.25, 0.3) is 11.0 Å². The fourth-order valence-electron chi connectivity index (χ4n) is 5.46. The smallest absolute Gasteiger partial charge is 0.261 e. The summed E-state index contributed by atoms with van der Waals surface area (Å²) in [6.45, 7) is 0.791. The van der Waals surface area contributed by atoms with E-state index in [-0.39, 0.29) is 24.8 Å². The van der Waals surface area contributed by atoms with Crippen molar-refractivity contribution in [1.29, 1.82) is 0 Å². The van der Waals surface area contributed by atoms with E-state index in [0.29, 0.717) is 24.2 Å². The molecule has 2 aromatic carbocycles. The van der Waals surface area contributed by atoms with Gasteiger partial charge in [0.15, 0.2) is 5.78 Å². The Morgan fingerprint density at radius 3 is 2.54 bits per heavy atom. The van der Waals surface area contributed by atoms with Crippen molar-refractivity contribution >= 4 is 28.6 Å². The van der Waals surface area contributed by atoms with Crippen LogP contribution in [0.1, 0.15) is 63.1 Å². The number of aryl methyl sites for hydroxylation is 1. The molecule has 6 rings (SSSR count). The van der Waals surface area contributed by atoms with Gasteiger partial charge in [0.05, 0.1) is 47.0 Å². The normalized spacial score (nSPS) is 16.9. The van der Waals surface area contributed by atoms with Crippen molar-refractivity contribution in [2.24, 2.45) is 0 Å². The monoisotopic (exact) mass is 493 g/mol. The van der Waals surface area contributed by atoms with E-state index >= 15 is 0 Å². The largest absolute Gasteiger partial charge is 0.341 e. The molecular formula is C29H27N5O3. The number of pyridine rings is 1. The maximum Gasteiger partial charge on any atom is 0.261 e. The summed E-state index contributed by atoms with van der Waals surface area (Å²) in [6.07, 6.45) is 5.02. The molecule has 1 N–H and O–H groups in total. The highest BCUT2D eigenvalue weighted by molar-refractivity contribution is 6.22. The summed E-state index contributed by atoms with van der Waals surface area (Å²) in [5.74, 6) is -0.129. The summed E-state index contributed by atoms with van der Waals surface area (Å²) < 4.78 is 0. The van der Waals surface area contributed by atoms with Crippen LogP contribution in [-0.2, 0) is 17.8 Å². The summed E-state index contributed by atoms with van der Waals surface area (Å²) in [6, 6.07) is 18.8. The zero-order chi connectivity index (χ0) is 25.4. The molecule has 1 aliphatic heterocycles. The number of para-hydroxylation sites is 2. The second kappa shape index (κ2) is 9.71. The number of fused-ring (bicyclic) bond motifs is 3. The molecule has 186 valence electrons. The molecule has 2 amide bonds. The molecular weight excluding hydrogens is 466 g/mol. The molecule has 2 aromatic heterocycles. The molecule has 1 unspecified atom stereocenters. The van der Waals surface area contributed by atoms with Gasteiger partial charge in [-0.3, -0.25) is 29.2 Å². The van der Waals surface area contributed by atoms with E-state index in [4.69, 9.17) is 9.97 Å². The van der Waals surface area contributed by atoms with Crippen molar-refractivity contribution in [3.63, 3.8) is 0 Å². The molecule has 1 atom stereocenters. The quantitative estimate of drug-likeness (QED) is 0.371. The third-order valence-corrected chi connectivity index (χ3v) is 7.29. The van der Waals surface area contributed by atoms with Crippen molar-refractivity contribution in [2.45, 2.75) is 38.3 Å². The lowest BCUT2D eigenvalue weighted by atomic mass is 9.90. The van der Waals surface area contributed by atoms with Gasteiger partial charge in [-0.25, -0.2) is 4.98 Å². The first-order valence-electron chi connectivity index (χ1n) is 12.7. The van der Waals surface area contributed by atoms with Gasteiger partial charge in [-0.2, -0.15) is 0 Å². The summed E-state index contributed by atoms with van der Waals surface area (Å²) in [4.78, 5) is 54.7. The molecule has 1 aliphatic carbocycles. The number of hydrogen-bond acceptors (Lipinski definition) is 6. The van der Waals surface area contributed by atoms with Crippen molar-refractivity contribution < 1.29 is 14.4 Å². The second-order valence-corrected chi connectivity index (χ2v) is 9.66. The number of imidazole rings is 1. The van der Waals surface area contributed by atoms with E-state index < -0.39 is 11.8 Å². The highest BCUT2D eigenvalue weighted by Gasteiger charge is 2.36. The third kappa shape index (κ3) is 4.44. The van der Waals surface area contributed by atoms with Gasteiger partial charge in [-0.1, -0.05) is 30.3 Å². The van der Waals surface area contributed by atoms with E-state index in [1.807, 2.05) is 36.5 Å². The van der Waals surface area contributed by atoms with Gasteiger partial charge in [0.25, 0.3) is 11.8 Å². The Morgan fingerprint density at radius 2 is 1.76 bits per heavy atom. The molecule has 0 fully saturated rings. The molecule has 2 aliphatic rings. The number of rotatable bonds is 8. The Balaban J connectivity index is 1.20. The fourth-order valence-corrected chi connectivity index (χ4v) is 5.46. The van der Waals surface area contributed by atoms with Crippen LogP contribution in [0.4, 0.5) is 0 Å². The topological polar surface area (TPSA) is 99.3 Å². The van der Waals surface area contributed by atoms with Crippen LogP contribution in [0.3, 0.4) is 0 Å². The Morgan fingerprint density at radius 1 is 1.00 bits per heavy atom. The van der Waals surface area contributed by atoms with Gasteiger partial charge in [-0.15, -0.1) is 0 Å². The van der Waals surface area contributed by atoms with Crippen LogP contribution in [0.5, 0.6) is 0 Å². The lowest BCUT2D eigenvalue weighted by Crippen LogP contribution is -2.37. The predicted octanol–water partition coefficient (Wildman–Crippen LogP) is 4.09. The number of imide groups is 1. The lowest BCUT2D eigenvalue weighted by Gasteiger charge is -2.34. The Hall–Kier alpha value is -4.17. The van der Waals surface area contributed by atoms with Gasteiger partial charge in [-0.05, 0) is 55.2 Å². The number of Topliss-reactive ketones (excluding diaryl/α,β-unsaturated/α-hetero) is 1. The van der Waals surface area contributed by atoms with E-state index in [0.717, 1.165) is 46.7 Å². The summed E-state index contributed by atoms with van der Waals surface area (Å²) in [7, 11) is 0. The highest BCUT2D eigenvalue weighted by Crippen LogP contribution is 2.34. The van der Waals surface area contributed by atoms with Gasteiger partial charge >= 0.3 is 0 Å². The summed E-state index contributed by atoms with van der Waals surface area (Å²) in [5.41, 5.74) is 4.89. The van der Waals surface area contributed by atoms with E-state index in [1.165, 1.54) is 5.56 Å². The number of nitrogens with one attached hydrogen (secondary N) is 1. The van der Waals surface area contributed by atoms with Crippen LogP contribution >= 0.6 is 0 Å². The number of ketones is 1. The maximum absolute atomic E-state index is 13.1. The SMILES string of the molecule is O=C(CCN(Cc1nc2ccccc2[nH]1)C1CCCc2cccnc21)CN1C(=O)c2ccccc2C1=O. The number of aromatic nitrogens is 3. The van der Waals surface area contributed by atoms with Crippen molar-refractivity contribution in [1.82, 2.24) is 24.8 Å². The van der Waals surface area contributed by atoms with Gasteiger partial charge in [0.1, 0.15) is 5.82 Å². The molecule has 37 heavy (non-hydrogen) atoms. The third-order valence-electron chi connectivity index (χ3n) is 7.29. The first-order valence-corrected chi connectivity index (χ1v) is 12.7. The Labute approximate surface area is 214 Å². The molecule has 0 saturated carbocycles. The van der Waals surface area contributed by atoms with Crippen LogP contribution in [-0.4, -0.2) is 55.4 Å². The van der Waals surface area contributed by atoms with Gasteiger partial charge < -0.3 is 4.98 Å². The Kier molecular flexibility index (Phi) is 6.10. The van der Waals surface area contributed by atoms with E-state index in [9.17, 15) is 14.4 Å². The number of hydrogen-bond donors (Lipinski definition) is 1. The number of amides is 2. The average Bonchev–Trinajstić information content (AvgIpc) is 3.45. The highest BCUT2D eigenvalue weighted by atomic mass is 16.2. The van der Waals surface area contributed by atoms with E-state index in [1.54, 1.807) is 24.3 Å². The van der Waals surface area contributed by atoms with E-state index in [2.05, 4.69) is 16.0 Å². The van der Waals surface area contributed by atoms with Crippen LogP contribution in [0.15, 0.2) is 66.9 Å². The number of aromatic amines is 1. The maximum atomic E-state index is 13.1. The molecule has 3 heterocycles. The first-order chi connectivity index (χ1) is 18.1. The molecule has 0 radical (unpaired) electrons. The molecule has 8 heteroatoms. The molecule has 8 nitrogen and oxygen atoms in total. The number of H-pyrrole nitrogens is 1. The number of carbonyl (C=O) groups excluding carboxylic acids is 3. The van der Waals surface area contributed by atoms with Crippen molar-refractivity contribution in [3.8, 4) is 0 Å². The summed E-state index contributed by atoms with van der Waals surface area (Å²) in [5, 5.41) is 0. The number of nitrogens with zero attached hydrogens (tertiary/aromatic N) is 4. The first kappa shape index (κ1) is 23.2. The lowest BCUT2D eigenvalue weighted by molar-refractivity contribution is -0.119. The zero-order valence-electron chi connectivity index (χ0n) is 20.4. The minimum atomic E-state index is -0.404. The number of benzene rings is 2.